The van der Waals surface area contributed by atoms with E-state index in [0.717, 1.165) is 5.56 Å². The molecule has 0 spiro atoms. The molecular formula is C17H13FN2O2. The molecule has 4 nitrogen and oxygen atoms in total. The molecule has 1 amide bonds. The van der Waals surface area contributed by atoms with Gasteiger partial charge in [0.05, 0.1) is 5.52 Å². The van der Waals surface area contributed by atoms with E-state index in [1.54, 1.807) is 0 Å². The minimum atomic E-state index is -0.468. The highest BCUT2D eigenvalue weighted by molar-refractivity contribution is 5.94. The van der Waals surface area contributed by atoms with Crippen LogP contribution in [0, 0.1) is 5.82 Å². The molecule has 22 heavy (non-hydrogen) atoms. The molecule has 0 atom stereocenters. The number of aromatic nitrogens is 1. The molecule has 0 unspecified atom stereocenters. The van der Waals surface area contributed by atoms with Crippen LogP contribution in [0.3, 0.4) is 0 Å². The standard InChI is InChI=1S/C17H13FN2O2/c18-12-6-7-13-14(8-12)20-15(9-16(13)21)17(22)19-10-11-4-2-1-3-5-11/h1-9H,10H2,(H,19,22)(H,20,21). The summed E-state index contributed by atoms with van der Waals surface area (Å²) in [5.41, 5.74) is 1.04. The lowest BCUT2D eigenvalue weighted by molar-refractivity contribution is 0.0946. The first-order valence-corrected chi connectivity index (χ1v) is 6.78. The number of amides is 1. The summed E-state index contributed by atoms with van der Waals surface area (Å²) in [4.78, 5) is 26.9. The predicted molar refractivity (Wildman–Crippen MR) is 82.1 cm³/mol. The first-order valence-electron chi connectivity index (χ1n) is 6.78. The Labute approximate surface area is 125 Å². The van der Waals surface area contributed by atoms with E-state index in [4.69, 9.17) is 0 Å². The van der Waals surface area contributed by atoms with Gasteiger partial charge in [0.25, 0.3) is 5.91 Å². The van der Waals surface area contributed by atoms with Crippen molar-refractivity contribution < 1.29 is 9.18 Å². The highest BCUT2D eigenvalue weighted by Crippen LogP contribution is 2.10. The SMILES string of the molecule is O=C(NCc1ccccc1)c1cc(=O)c2ccc(F)cc2[nH]1. The van der Waals surface area contributed by atoms with Crippen LogP contribution in [0.1, 0.15) is 16.1 Å². The molecular weight excluding hydrogens is 283 g/mol. The third-order valence-corrected chi connectivity index (χ3v) is 3.33. The van der Waals surface area contributed by atoms with E-state index in [1.807, 2.05) is 30.3 Å². The molecule has 0 saturated carbocycles. The summed E-state index contributed by atoms with van der Waals surface area (Å²) in [6.07, 6.45) is 0. The molecule has 1 heterocycles. The number of hydrogen-bond acceptors (Lipinski definition) is 2. The molecule has 0 aliphatic heterocycles. The molecule has 2 N–H and O–H groups in total. The van der Waals surface area contributed by atoms with E-state index in [2.05, 4.69) is 10.3 Å². The third kappa shape index (κ3) is 2.88. The van der Waals surface area contributed by atoms with Gasteiger partial charge >= 0.3 is 0 Å². The Morgan fingerprint density at radius 2 is 1.86 bits per heavy atom. The van der Waals surface area contributed by atoms with Crippen LogP contribution in [0.15, 0.2) is 59.4 Å². The maximum absolute atomic E-state index is 13.2. The van der Waals surface area contributed by atoms with Crippen LogP contribution in [0.25, 0.3) is 10.9 Å². The molecule has 110 valence electrons. The summed E-state index contributed by atoms with van der Waals surface area (Å²) >= 11 is 0. The summed E-state index contributed by atoms with van der Waals surface area (Å²) in [6, 6.07) is 14.5. The maximum atomic E-state index is 13.2. The van der Waals surface area contributed by atoms with Crippen molar-refractivity contribution in [3.05, 3.63) is 81.9 Å². The van der Waals surface area contributed by atoms with Crippen LogP contribution in [-0.2, 0) is 6.54 Å². The van der Waals surface area contributed by atoms with Crippen molar-refractivity contribution in [3.8, 4) is 0 Å². The minimum absolute atomic E-state index is 0.110. The van der Waals surface area contributed by atoms with Gasteiger partial charge in [0, 0.05) is 18.0 Å². The van der Waals surface area contributed by atoms with Crippen LogP contribution in [0.2, 0.25) is 0 Å². The lowest BCUT2D eigenvalue weighted by Gasteiger charge is -2.06. The van der Waals surface area contributed by atoms with Gasteiger partial charge in [-0.05, 0) is 23.8 Å². The van der Waals surface area contributed by atoms with Crippen molar-refractivity contribution in [1.82, 2.24) is 10.3 Å². The molecule has 2 aromatic carbocycles. The molecule has 5 heteroatoms. The Balaban J connectivity index is 1.86. The number of nitrogens with one attached hydrogen (secondary N) is 2. The van der Waals surface area contributed by atoms with Gasteiger partial charge < -0.3 is 10.3 Å². The second-order valence-electron chi connectivity index (χ2n) is 4.91. The van der Waals surface area contributed by atoms with Gasteiger partial charge in [-0.1, -0.05) is 30.3 Å². The number of benzene rings is 2. The first kappa shape index (κ1) is 14.0. The van der Waals surface area contributed by atoms with Crippen LogP contribution in [-0.4, -0.2) is 10.9 Å². The zero-order chi connectivity index (χ0) is 15.5. The number of carbonyl (C=O) groups is 1. The van der Waals surface area contributed by atoms with Crippen molar-refractivity contribution in [1.29, 1.82) is 0 Å². The molecule has 0 aliphatic carbocycles. The summed E-state index contributed by atoms with van der Waals surface area (Å²) in [5.74, 6) is -0.878. The van der Waals surface area contributed by atoms with Crippen molar-refractivity contribution >= 4 is 16.8 Å². The Morgan fingerprint density at radius 1 is 1.09 bits per heavy atom. The zero-order valence-electron chi connectivity index (χ0n) is 11.6. The van der Waals surface area contributed by atoms with Crippen LogP contribution < -0.4 is 10.7 Å². The summed E-state index contributed by atoms with van der Waals surface area (Å²) in [5, 5.41) is 3.07. The number of pyridine rings is 1. The lowest BCUT2D eigenvalue weighted by Crippen LogP contribution is -2.25. The lowest BCUT2D eigenvalue weighted by atomic mass is 10.2. The quantitative estimate of drug-likeness (QED) is 0.780. The summed E-state index contributed by atoms with van der Waals surface area (Å²) < 4.78 is 13.2. The number of fused-ring (bicyclic) bond motifs is 1. The minimum Gasteiger partial charge on any atom is -0.350 e. The monoisotopic (exact) mass is 296 g/mol. The fraction of sp³-hybridized carbons (Fsp3) is 0.0588. The molecule has 1 aromatic heterocycles. The number of carbonyl (C=O) groups excluding carboxylic acids is 1. The Hall–Kier alpha value is -2.95. The maximum Gasteiger partial charge on any atom is 0.268 e. The fourth-order valence-corrected chi connectivity index (χ4v) is 2.22. The van der Waals surface area contributed by atoms with Crippen molar-refractivity contribution in [3.63, 3.8) is 0 Å². The predicted octanol–water partition coefficient (Wildman–Crippen LogP) is 2.60. The molecule has 0 radical (unpaired) electrons. The van der Waals surface area contributed by atoms with E-state index >= 15 is 0 Å². The number of H-pyrrole nitrogens is 1. The summed E-state index contributed by atoms with van der Waals surface area (Å²) in [6.45, 7) is 0.350. The molecule has 3 rings (SSSR count). The van der Waals surface area contributed by atoms with Crippen molar-refractivity contribution in [2.75, 3.05) is 0 Å². The average Bonchev–Trinajstić information content (AvgIpc) is 2.53. The molecule has 0 saturated heterocycles. The van der Waals surface area contributed by atoms with E-state index in [1.165, 1.54) is 24.3 Å². The van der Waals surface area contributed by atoms with Crippen LogP contribution in [0.4, 0.5) is 4.39 Å². The van der Waals surface area contributed by atoms with Gasteiger partial charge in [-0.2, -0.15) is 0 Å². The van der Waals surface area contributed by atoms with Crippen LogP contribution in [0.5, 0.6) is 0 Å². The van der Waals surface area contributed by atoms with Crippen molar-refractivity contribution in [2.24, 2.45) is 0 Å². The van der Waals surface area contributed by atoms with E-state index in [9.17, 15) is 14.0 Å². The Bertz CT molecular complexity index is 888. The average molecular weight is 296 g/mol. The molecule has 0 aliphatic rings. The topological polar surface area (TPSA) is 62.0 Å². The van der Waals surface area contributed by atoms with Gasteiger partial charge in [0.15, 0.2) is 5.43 Å². The fourth-order valence-electron chi connectivity index (χ4n) is 2.22. The van der Waals surface area contributed by atoms with E-state index in [0.29, 0.717) is 17.4 Å². The number of hydrogen-bond donors (Lipinski definition) is 2. The Morgan fingerprint density at radius 3 is 2.64 bits per heavy atom. The smallest absolute Gasteiger partial charge is 0.268 e. The molecule has 0 bridgehead atoms. The van der Waals surface area contributed by atoms with Gasteiger partial charge in [-0.15, -0.1) is 0 Å². The normalized spacial score (nSPS) is 10.6. The highest BCUT2D eigenvalue weighted by Gasteiger charge is 2.10. The van der Waals surface area contributed by atoms with Gasteiger partial charge in [0.2, 0.25) is 0 Å². The Kier molecular flexibility index (Phi) is 3.70. The second kappa shape index (κ2) is 5.81. The molecule has 0 fully saturated rings. The van der Waals surface area contributed by atoms with Gasteiger partial charge in [-0.25, -0.2) is 4.39 Å². The summed E-state index contributed by atoms with van der Waals surface area (Å²) in [7, 11) is 0. The number of halogens is 1. The largest absolute Gasteiger partial charge is 0.350 e. The van der Waals surface area contributed by atoms with Crippen molar-refractivity contribution in [2.45, 2.75) is 6.54 Å². The first-order chi connectivity index (χ1) is 10.6. The van der Waals surface area contributed by atoms with Gasteiger partial charge in [0.1, 0.15) is 11.5 Å². The van der Waals surface area contributed by atoms with Crippen LogP contribution >= 0.6 is 0 Å². The zero-order valence-corrected chi connectivity index (χ0v) is 11.6. The molecule has 3 aromatic rings. The highest BCUT2D eigenvalue weighted by atomic mass is 19.1. The number of aromatic amines is 1. The third-order valence-electron chi connectivity index (χ3n) is 3.33. The van der Waals surface area contributed by atoms with E-state index in [-0.39, 0.29) is 11.1 Å². The number of rotatable bonds is 3. The second-order valence-corrected chi connectivity index (χ2v) is 4.91. The van der Waals surface area contributed by atoms with Gasteiger partial charge in [-0.3, -0.25) is 9.59 Å². The van der Waals surface area contributed by atoms with E-state index < -0.39 is 11.7 Å².